The smallest absolute Gasteiger partial charge is 0.223 e. The third-order valence-corrected chi connectivity index (χ3v) is 6.15. The Labute approximate surface area is 195 Å². The minimum absolute atomic E-state index is 0.0985. The first-order valence-corrected chi connectivity index (χ1v) is 11.4. The summed E-state index contributed by atoms with van der Waals surface area (Å²) in [5, 5.41) is 9.57. The van der Waals surface area contributed by atoms with Crippen molar-refractivity contribution in [3.8, 4) is 5.75 Å². The number of nitrogens with zero attached hydrogens (tertiary/aromatic N) is 7. The van der Waals surface area contributed by atoms with E-state index in [0.29, 0.717) is 34.8 Å². The number of ether oxygens (including phenoxy) is 1. The predicted molar refractivity (Wildman–Crippen MR) is 125 cm³/mol. The molecule has 1 aliphatic rings. The number of fused-ring (bicyclic) bond motifs is 3. The first-order valence-electron chi connectivity index (χ1n) is 11.4. The van der Waals surface area contributed by atoms with Gasteiger partial charge in [0.05, 0.1) is 23.9 Å². The zero-order valence-corrected chi connectivity index (χ0v) is 19.7. The fraction of sp³-hybridized carbons (Fsp3) is 0.478. The van der Waals surface area contributed by atoms with Gasteiger partial charge in [-0.25, -0.2) is 18.7 Å². The molecular formula is C23H28F2N8O. The van der Waals surface area contributed by atoms with Gasteiger partial charge in [-0.15, -0.1) is 5.10 Å². The monoisotopic (exact) mass is 470 g/mol. The number of aromatic nitrogens is 6. The summed E-state index contributed by atoms with van der Waals surface area (Å²) in [5.41, 5.74) is 8.67. The summed E-state index contributed by atoms with van der Waals surface area (Å²) in [6.45, 7) is 7.82. The second-order valence-corrected chi connectivity index (χ2v) is 9.33. The molecule has 4 heterocycles. The van der Waals surface area contributed by atoms with Crippen LogP contribution in [0.5, 0.6) is 5.75 Å². The first kappa shape index (κ1) is 22.3. The molecule has 5 rings (SSSR count). The molecule has 0 amide bonds. The highest BCUT2D eigenvalue weighted by molar-refractivity contribution is 5.95. The van der Waals surface area contributed by atoms with Crippen molar-refractivity contribution in [2.75, 3.05) is 30.8 Å². The van der Waals surface area contributed by atoms with Crippen LogP contribution in [0.2, 0.25) is 0 Å². The summed E-state index contributed by atoms with van der Waals surface area (Å²) in [4.78, 5) is 11.0. The minimum atomic E-state index is -1.05. The van der Waals surface area contributed by atoms with Crippen molar-refractivity contribution < 1.29 is 13.5 Å². The van der Waals surface area contributed by atoms with Crippen LogP contribution in [0.1, 0.15) is 37.7 Å². The van der Waals surface area contributed by atoms with Crippen molar-refractivity contribution in [2.24, 2.45) is 5.92 Å². The summed E-state index contributed by atoms with van der Waals surface area (Å²) < 4.78 is 37.7. The lowest BCUT2D eigenvalue weighted by atomic mass is 9.95. The minimum Gasteiger partial charge on any atom is -0.494 e. The maximum absolute atomic E-state index is 14.9. The zero-order valence-electron chi connectivity index (χ0n) is 19.7. The number of halogens is 2. The Morgan fingerprint density at radius 1 is 1.21 bits per heavy atom. The van der Waals surface area contributed by atoms with Gasteiger partial charge in [-0.2, -0.15) is 9.61 Å². The Morgan fingerprint density at radius 3 is 2.74 bits per heavy atom. The molecule has 1 saturated heterocycles. The van der Waals surface area contributed by atoms with E-state index in [1.165, 1.54) is 23.8 Å². The van der Waals surface area contributed by atoms with E-state index < -0.39 is 12.0 Å². The first-order chi connectivity index (χ1) is 16.2. The fourth-order valence-corrected chi connectivity index (χ4v) is 4.72. The summed E-state index contributed by atoms with van der Waals surface area (Å²) in [7, 11) is 1.44. The number of aryl methyl sites for hydroxylation is 1. The van der Waals surface area contributed by atoms with Gasteiger partial charge >= 0.3 is 0 Å². The van der Waals surface area contributed by atoms with E-state index in [2.05, 4.69) is 34.0 Å². The average Bonchev–Trinajstić information content (AvgIpc) is 3.37. The van der Waals surface area contributed by atoms with E-state index in [9.17, 15) is 8.78 Å². The highest BCUT2D eigenvalue weighted by atomic mass is 19.1. The van der Waals surface area contributed by atoms with E-state index in [0.717, 1.165) is 17.9 Å². The van der Waals surface area contributed by atoms with Gasteiger partial charge < -0.3 is 15.4 Å². The van der Waals surface area contributed by atoms with Crippen molar-refractivity contribution in [1.29, 1.82) is 0 Å². The van der Waals surface area contributed by atoms with Crippen LogP contribution in [0.3, 0.4) is 0 Å². The molecule has 1 aliphatic heterocycles. The summed E-state index contributed by atoms with van der Waals surface area (Å²) in [6, 6.07) is 2.58. The molecule has 11 heteroatoms. The number of alkyl halides is 1. The molecule has 34 heavy (non-hydrogen) atoms. The molecule has 0 spiro atoms. The third-order valence-electron chi connectivity index (χ3n) is 6.15. The number of hydrogen-bond acceptors (Lipinski definition) is 7. The highest BCUT2D eigenvalue weighted by Gasteiger charge is 2.33. The molecule has 0 aliphatic carbocycles. The highest BCUT2D eigenvalue weighted by Crippen LogP contribution is 2.34. The molecule has 0 saturated carbocycles. The number of benzene rings is 1. The van der Waals surface area contributed by atoms with Crippen LogP contribution in [0, 0.1) is 18.7 Å². The van der Waals surface area contributed by atoms with E-state index in [-0.39, 0.29) is 30.6 Å². The lowest BCUT2D eigenvalue weighted by Gasteiger charge is -2.34. The quantitative estimate of drug-likeness (QED) is 0.477. The maximum Gasteiger partial charge on any atom is 0.223 e. The largest absolute Gasteiger partial charge is 0.494 e. The Balaban J connectivity index is 1.53. The number of methoxy groups -OCH3 is 1. The van der Waals surface area contributed by atoms with Crippen molar-refractivity contribution in [1.82, 2.24) is 29.4 Å². The van der Waals surface area contributed by atoms with E-state index in [1.54, 1.807) is 0 Å². The van der Waals surface area contributed by atoms with Crippen LogP contribution < -0.4 is 15.4 Å². The van der Waals surface area contributed by atoms with Crippen molar-refractivity contribution in [2.45, 2.75) is 45.8 Å². The molecule has 4 aromatic rings. The van der Waals surface area contributed by atoms with Crippen LogP contribution in [0.25, 0.3) is 16.6 Å². The van der Waals surface area contributed by atoms with Crippen molar-refractivity contribution >= 4 is 28.2 Å². The van der Waals surface area contributed by atoms with Crippen LogP contribution in [0.15, 0.2) is 18.3 Å². The van der Waals surface area contributed by atoms with Crippen molar-refractivity contribution in [3.05, 3.63) is 35.7 Å². The molecule has 0 bridgehead atoms. The number of anilines is 2. The predicted octanol–water partition coefficient (Wildman–Crippen LogP) is 3.50. The van der Waals surface area contributed by atoms with Gasteiger partial charge in [-0.1, -0.05) is 13.8 Å². The molecule has 1 fully saturated rings. The van der Waals surface area contributed by atoms with E-state index in [1.807, 2.05) is 22.7 Å². The molecule has 2 unspecified atom stereocenters. The van der Waals surface area contributed by atoms with Crippen LogP contribution in [-0.4, -0.2) is 55.7 Å². The molecule has 2 N–H and O–H groups in total. The molecule has 180 valence electrons. The molecule has 3 aromatic heterocycles. The fourth-order valence-electron chi connectivity index (χ4n) is 4.72. The second-order valence-electron chi connectivity index (χ2n) is 9.33. The standard InChI is InChI=1S/C23H28F2N8O/c1-12(2)8-32-11-18(13(3)29-32)31-9-14(5-16(25)10-31)21-28-22-17-6-15(24)7-19(34-4)20(17)27-23(26)33(22)30-21/h6-7,11-12,14,16H,5,8-10H2,1-4H3,(H2,26,27). The normalized spacial score (nSPS) is 19.0. The molecule has 1 aromatic carbocycles. The SMILES string of the molecule is COc1cc(F)cc2c1nc(N)n1nc(C3CC(F)CN(c4cn(CC(C)C)nc4C)C3)nc21. The number of nitrogen functional groups attached to an aromatic ring is 1. The van der Waals surface area contributed by atoms with Crippen molar-refractivity contribution in [3.63, 3.8) is 0 Å². The maximum atomic E-state index is 14.9. The van der Waals surface area contributed by atoms with Gasteiger partial charge in [0.1, 0.15) is 23.3 Å². The number of rotatable bonds is 5. The number of nitrogens with two attached hydrogens (primary N) is 1. The Bertz CT molecular complexity index is 1360. The van der Waals surface area contributed by atoms with Gasteiger partial charge in [0, 0.05) is 37.8 Å². The van der Waals surface area contributed by atoms with Gasteiger partial charge in [-0.3, -0.25) is 4.68 Å². The van der Waals surface area contributed by atoms with Gasteiger partial charge in [0.25, 0.3) is 0 Å². The molecular weight excluding hydrogens is 442 g/mol. The zero-order chi connectivity index (χ0) is 24.1. The second kappa shape index (κ2) is 8.37. The number of hydrogen-bond donors (Lipinski definition) is 1. The Kier molecular flexibility index (Phi) is 5.49. The van der Waals surface area contributed by atoms with Crippen LogP contribution in [0.4, 0.5) is 20.4 Å². The number of piperidine rings is 1. The lowest BCUT2D eigenvalue weighted by Crippen LogP contribution is -2.41. The van der Waals surface area contributed by atoms with Gasteiger partial charge in [-0.05, 0) is 25.3 Å². The molecule has 0 radical (unpaired) electrons. The summed E-state index contributed by atoms with van der Waals surface area (Å²) in [5.74, 6) is 0.501. The van der Waals surface area contributed by atoms with Crippen LogP contribution in [-0.2, 0) is 6.54 Å². The van der Waals surface area contributed by atoms with E-state index in [4.69, 9.17) is 10.5 Å². The average molecular weight is 471 g/mol. The van der Waals surface area contributed by atoms with Gasteiger partial charge in [0.2, 0.25) is 5.95 Å². The lowest BCUT2D eigenvalue weighted by molar-refractivity contribution is 0.264. The topological polar surface area (TPSA) is 99.4 Å². The third kappa shape index (κ3) is 3.88. The van der Waals surface area contributed by atoms with E-state index >= 15 is 0 Å². The van der Waals surface area contributed by atoms with Gasteiger partial charge in [0.15, 0.2) is 11.5 Å². The molecule has 9 nitrogen and oxygen atoms in total. The van der Waals surface area contributed by atoms with Crippen LogP contribution >= 0.6 is 0 Å². The summed E-state index contributed by atoms with van der Waals surface area (Å²) in [6.07, 6.45) is 1.21. The Hall–Kier alpha value is -3.50. The Morgan fingerprint density at radius 2 is 2.00 bits per heavy atom. The summed E-state index contributed by atoms with van der Waals surface area (Å²) >= 11 is 0. The molecule has 2 atom stereocenters.